The Bertz CT molecular complexity index is 519. The van der Waals surface area contributed by atoms with E-state index in [2.05, 4.69) is 48.6 Å². The summed E-state index contributed by atoms with van der Waals surface area (Å²) in [6.45, 7) is 2.17. The zero-order chi connectivity index (χ0) is 13.7. The Morgan fingerprint density at radius 1 is 1.00 bits per heavy atom. The molecule has 0 heterocycles. The minimum Gasteiger partial charge on any atom is -0.316 e. The van der Waals surface area contributed by atoms with Crippen molar-refractivity contribution in [1.82, 2.24) is 5.32 Å². The summed E-state index contributed by atoms with van der Waals surface area (Å²) in [5, 5.41) is 4.20. The molecule has 100 valence electrons. The molecule has 1 N–H and O–H groups in total. The van der Waals surface area contributed by atoms with E-state index in [1.807, 2.05) is 19.2 Å². The standard InChI is InChI=1S/C17H20ClN/c1-13-5-3-4-6-15(13)12-17(19-2)11-14-7-9-16(18)10-8-14/h3-10,17,19H,11-12H2,1-2H3. The Morgan fingerprint density at radius 3 is 2.32 bits per heavy atom. The van der Waals surface area contributed by atoms with Gasteiger partial charge in [0.25, 0.3) is 0 Å². The van der Waals surface area contributed by atoms with Crippen LogP contribution in [0.5, 0.6) is 0 Å². The van der Waals surface area contributed by atoms with E-state index >= 15 is 0 Å². The van der Waals surface area contributed by atoms with Crippen molar-refractivity contribution in [3.8, 4) is 0 Å². The number of hydrogen-bond acceptors (Lipinski definition) is 1. The van der Waals surface area contributed by atoms with Gasteiger partial charge in [0, 0.05) is 11.1 Å². The maximum Gasteiger partial charge on any atom is 0.0406 e. The first-order chi connectivity index (χ1) is 9.19. The van der Waals surface area contributed by atoms with E-state index in [1.54, 1.807) is 0 Å². The molecule has 0 aromatic heterocycles. The highest BCUT2D eigenvalue weighted by molar-refractivity contribution is 6.30. The SMILES string of the molecule is CNC(Cc1ccc(Cl)cc1)Cc1ccccc1C. The van der Waals surface area contributed by atoms with Crippen molar-refractivity contribution < 1.29 is 0 Å². The first-order valence-corrected chi connectivity index (χ1v) is 7.03. The number of rotatable bonds is 5. The first-order valence-electron chi connectivity index (χ1n) is 6.65. The summed E-state index contributed by atoms with van der Waals surface area (Å²) in [5.74, 6) is 0. The van der Waals surface area contributed by atoms with Crippen LogP contribution in [0.25, 0.3) is 0 Å². The van der Waals surface area contributed by atoms with Gasteiger partial charge < -0.3 is 5.32 Å². The maximum atomic E-state index is 5.92. The van der Waals surface area contributed by atoms with Crippen molar-refractivity contribution >= 4 is 11.6 Å². The van der Waals surface area contributed by atoms with Gasteiger partial charge in [0.2, 0.25) is 0 Å². The summed E-state index contributed by atoms with van der Waals surface area (Å²) >= 11 is 5.92. The van der Waals surface area contributed by atoms with Gasteiger partial charge in [-0.3, -0.25) is 0 Å². The van der Waals surface area contributed by atoms with E-state index in [0.717, 1.165) is 17.9 Å². The Hall–Kier alpha value is -1.31. The van der Waals surface area contributed by atoms with Crippen LogP contribution in [0.3, 0.4) is 0 Å². The van der Waals surface area contributed by atoms with Gasteiger partial charge in [-0.05, 0) is 55.6 Å². The summed E-state index contributed by atoms with van der Waals surface area (Å²) in [6.07, 6.45) is 2.06. The summed E-state index contributed by atoms with van der Waals surface area (Å²) in [4.78, 5) is 0. The van der Waals surface area contributed by atoms with Crippen molar-refractivity contribution in [3.05, 3.63) is 70.2 Å². The molecule has 1 unspecified atom stereocenters. The van der Waals surface area contributed by atoms with Crippen LogP contribution in [-0.4, -0.2) is 13.1 Å². The van der Waals surface area contributed by atoms with Gasteiger partial charge in [-0.15, -0.1) is 0 Å². The molecule has 0 bridgehead atoms. The number of likely N-dealkylation sites (N-methyl/N-ethyl adjacent to an activating group) is 1. The van der Waals surface area contributed by atoms with Gasteiger partial charge in [0.15, 0.2) is 0 Å². The molecule has 19 heavy (non-hydrogen) atoms. The molecule has 2 aromatic carbocycles. The fourth-order valence-electron chi connectivity index (χ4n) is 2.29. The highest BCUT2D eigenvalue weighted by atomic mass is 35.5. The fraction of sp³-hybridized carbons (Fsp3) is 0.294. The normalized spacial score (nSPS) is 12.4. The summed E-state index contributed by atoms with van der Waals surface area (Å²) < 4.78 is 0. The summed E-state index contributed by atoms with van der Waals surface area (Å²) in [7, 11) is 2.03. The predicted molar refractivity (Wildman–Crippen MR) is 82.9 cm³/mol. The second-order valence-corrected chi connectivity index (χ2v) is 5.38. The predicted octanol–water partition coefficient (Wildman–Crippen LogP) is 4.02. The van der Waals surface area contributed by atoms with Crippen molar-refractivity contribution in [3.63, 3.8) is 0 Å². The number of hydrogen-bond donors (Lipinski definition) is 1. The highest BCUT2D eigenvalue weighted by Crippen LogP contribution is 2.14. The van der Waals surface area contributed by atoms with Crippen molar-refractivity contribution in [2.24, 2.45) is 0 Å². The van der Waals surface area contributed by atoms with Gasteiger partial charge in [-0.1, -0.05) is 48.0 Å². The Balaban J connectivity index is 2.05. The minimum absolute atomic E-state index is 0.447. The summed E-state index contributed by atoms with van der Waals surface area (Å²) in [5.41, 5.74) is 4.09. The lowest BCUT2D eigenvalue weighted by molar-refractivity contribution is 0.555. The van der Waals surface area contributed by atoms with Gasteiger partial charge in [-0.2, -0.15) is 0 Å². The largest absolute Gasteiger partial charge is 0.316 e. The average Bonchev–Trinajstić information content (AvgIpc) is 2.43. The minimum atomic E-state index is 0.447. The van der Waals surface area contributed by atoms with Crippen LogP contribution in [0.15, 0.2) is 48.5 Å². The third-order valence-electron chi connectivity index (χ3n) is 3.53. The second-order valence-electron chi connectivity index (χ2n) is 4.95. The Kier molecular flexibility index (Phi) is 5.00. The fourth-order valence-corrected chi connectivity index (χ4v) is 2.41. The third kappa shape index (κ3) is 4.09. The van der Waals surface area contributed by atoms with Crippen LogP contribution in [-0.2, 0) is 12.8 Å². The molecule has 0 aliphatic rings. The van der Waals surface area contributed by atoms with Crippen LogP contribution in [0.2, 0.25) is 5.02 Å². The molecular weight excluding hydrogens is 254 g/mol. The maximum absolute atomic E-state index is 5.92. The summed E-state index contributed by atoms with van der Waals surface area (Å²) in [6, 6.07) is 17.1. The molecule has 0 fully saturated rings. The van der Waals surface area contributed by atoms with E-state index in [-0.39, 0.29) is 0 Å². The van der Waals surface area contributed by atoms with Crippen molar-refractivity contribution in [1.29, 1.82) is 0 Å². The van der Waals surface area contributed by atoms with Crippen molar-refractivity contribution in [2.45, 2.75) is 25.8 Å². The average molecular weight is 274 g/mol. The highest BCUT2D eigenvalue weighted by Gasteiger charge is 2.09. The molecule has 2 aromatic rings. The van der Waals surface area contributed by atoms with Gasteiger partial charge in [0.1, 0.15) is 0 Å². The molecule has 2 rings (SSSR count). The molecule has 0 aliphatic heterocycles. The topological polar surface area (TPSA) is 12.0 Å². The van der Waals surface area contributed by atoms with E-state index in [9.17, 15) is 0 Å². The lowest BCUT2D eigenvalue weighted by Gasteiger charge is -2.17. The van der Waals surface area contributed by atoms with Crippen LogP contribution in [0, 0.1) is 6.92 Å². The molecule has 0 radical (unpaired) electrons. The smallest absolute Gasteiger partial charge is 0.0406 e. The van der Waals surface area contributed by atoms with Gasteiger partial charge >= 0.3 is 0 Å². The molecule has 0 amide bonds. The van der Waals surface area contributed by atoms with Gasteiger partial charge in [0.05, 0.1) is 0 Å². The van der Waals surface area contributed by atoms with Gasteiger partial charge in [-0.25, -0.2) is 0 Å². The quantitative estimate of drug-likeness (QED) is 0.868. The molecule has 2 heteroatoms. The first kappa shape index (κ1) is 14.1. The lowest BCUT2D eigenvalue weighted by Crippen LogP contribution is -2.30. The van der Waals surface area contributed by atoms with Crippen LogP contribution >= 0.6 is 11.6 Å². The van der Waals surface area contributed by atoms with Crippen LogP contribution in [0.4, 0.5) is 0 Å². The zero-order valence-corrected chi connectivity index (χ0v) is 12.2. The monoisotopic (exact) mass is 273 g/mol. The number of nitrogens with one attached hydrogen (secondary N) is 1. The zero-order valence-electron chi connectivity index (χ0n) is 11.5. The Labute approximate surface area is 120 Å². The van der Waals surface area contributed by atoms with E-state index in [0.29, 0.717) is 6.04 Å². The Morgan fingerprint density at radius 2 is 1.68 bits per heavy atom. The second kappa shape index (κ2) is 6.74. The number of aryl methyl sites for hydroxylation is 1. The molecule has 0 aliphatic carbocycles. The van der Waals surface area contributed by atoms with Crippen LogP contribution < -0.4 is 5.32 Å². The molecular formula is C17H20ClN. The number of benzene rings is 2. The third-order valence-corrected chi connectivity index (χ3v) is 3.78. The van der Waals surface area contributed by atoms with Crippen molar-refractivity contribution in [2.75, 3.05) is 7.05 Å². The number of halogens is 1. The molecule has 1 nitrogen and oxygen atoms in total. The van der Waals surface area contributed by atoms with E-state index < -0.39 is 0 Å². The molecule has 0 saturated carbocycles. The lowest BCUT2D eigenvalue weighted by atomic mass is 9.96. The molecule has 0 spiro atoms. The van der Waals surface area contributed by atoms with E-state index in [1.165, 1.54) is 16.7 Å². The van der Waals surface area contributed by atoms with Crippen LogP contribution in [0.1, 0.15) is 16.7 Å². The molecule has 1 atom stereocenters. The molecule has 0 saturated heterocycles. The van der Waals surface area contributed by atoms with E-state index in [4.69, 9.17) is 11.6 Å².